The van der Waals surface area contributed by atoms with Gasteiger partial charge in [0.25, 0.3) is 0 Å². The maximum atomic E-state index is 11.4. The van der Waals surface area contributed by atoms with E-state index in [-0.39, 0.29) is 19.1 Å². The van der Waals surface area contributed by atoms with Crippen LogP contribution in [-0.2, 0) is 4.79 Å². The molecule has 1 aliphatic rings. The fourth-order valence-corrected chi connectivity index (χ4v) is 1.77. The van der Waals surface area contributed by atoms with Crippen LogP contribution in [0, 0.1) is 0 Å². The van der Waals surface area contributed by atoms with Crippen LogP contribution >= 0.6 is 11.6 Å². The number of carbonyl (C=O) groups excluding carboxylic acids is 1. The van der Waals surface area contributed by atoms with Gasteiger partial charge in [-0.1, -0.05) is 11.6 Å². The van der Waals surface area contributed by atoms with Crippen LogP contribution in [0.4, 0.5) is 0 Å². The van der Waals surface area contributed by atoms with Crippen LogP contribution < -0.4 is 15.4 Å². The molecule has 110 valence electrons. The van der Waals surface area contributed by atoms with Crippen molar-refractivity contribution < 1.29 is 14.6 Å². The van der Waals surface area contributed by atoms with Gasteiger partial charge in [-0.25, -0.2) is 0 Å². The molecule has 1 amide bonds. The molecule has 0 saturated heterocycles. The summed E-state index contributed by atoms with van der Waals surface area (Å²) in [5.41, 5.74) is 0. The molecule has 0 radical (unpaired) electrons. The third-order valence-electron chi connectivity index (χ3n) is 2.86. The molecule has 1 aliphatic carbocycles. The van der Waals surface area contributed by atoms with Crippen LogP contribution in [0.2, 0.25) is 5.02 Å². The third-order valence-corrected chi connectivity index (χ3v) is 3.12. The Balaban J connectivity index is 1.56. The van der Waals surface area contributed by atoms with Crippen molar-refractivity contribution in [1.82, 2.24) is 10.6 Å². The molecule has 3 N–H and O–H groups in total. The number of nitrogens with one attached hydrogen (secondary N) is 2. The van der Waals surface area contributed by atoms with Gasteiger partial charge in [-0.05, 0) is 37.1 Å². The molecule has 1 unspecified atom stereocenters. The number of rotatable bonds is 8. The zero-order chi connectivity index (χ0) is 14.4. The molecular weight excluding hydrogens is 280 g/mol. The molecule has 0 aromatic heterocycles. The Labute approximate surface area is 123 Å². The molecule has 0 bridgehead atoms. The Hall–Kier alpha value is -1.30. The minimum Gasteiger partial charge on any atom is -0.491 e. The van der Waals surface area contributed by atoms with Gasteiger partial charge in [-0.2, -0.15) is 0 Å². The van der Waals surface area contributed by atoms with Crippen molar-refractivity contribution in [1.29, 1.82) is 0 Å². The number of aliphatic hydroxyl groups is 1. The van der Waals surface area contributed by atoms with E-state index in [2.05, 4.69) is 10.6 Å². The molecule has 0 aliphatic heterocycles. The first-order valence-electron chi connectivity index (χ1n) is 6.70. The second-order valence-corrected chi connectivity index (χ2v) is 5.33. The van der Waals surface area contributed by atoms with Gasteiger partial charge in [0, 0.05) is 17.6 Å². The number of halogens is 1. The Morgan fingerprint density at radius 3 is 2.75 bits per heavy atom. The lowest BCUT2D eigenvalue weighted by molar-refractivity contribution is -0.120. The van der Waals surface area contributed by atoms with Crippen LogP contribution in [0.1, 0.15) is 12.8 Å². The molecule has 6 heteroatoms. The molecule has 1 atom stereocenters. The molecule has 1 aromatic carbocycles. The normalized spacial score (nSPS) is 15.7. The first-order chi connectivity index (χ1) is 9.63. The largest absolute Gasteiger partial charge is 0.491 e. The van der Waals surface area contributed by atoms with E-state index in [9.17, 15) is 9.90 Å². The quantitative estimate of drug-likeness (QED) is 0.668. The van der Waals surface area contributed by atoms with E-state index >= 15 is 0 Å². The molecule has 0 heterocycles. The van der Waals surface area contributed by atoms with Crippen molar-refractivity contribution in [2.45, 2.75) is 25.0 Å². The SMILES string of the molecule is O=C(CNCC(O)COc1ccc(Cl)cc1)NC1CC1. The summed E-state index contributed by atoms with van der Waals surface area (Å²) in [6, 6.07) is 7.30. The van der Waals surface area contributed by atoms with Crippen molar-refractivity contribution in [3.05, 3.63) is 29.3 Å². The predicted molar refractivity (Wildman–Crippen MR) is 77.0 cm³/mol. The number of amides is 1. The molecule has 1 aromatic rings. The third kappa shape index (κ3) is 5.77. The van der Waals surface area contributed by atoms with Crippen molar-refractivity contribution in [3.8, 4) is 5.75 Å². The molecule has 1 saturated carbocycles. The Morgan fingerprint density at radius 2 is 2.10 bits per heavy atom. The maximum Gasteiger partial charge on any atom is 0.234 e. The molecule has 1 fully saturated rings. The first-order valence-corrected chi connectivity index (χ1v) is 7.08. The van der Waals surface area contributed by atoms with E-state index in [1.54, 1.807) is 24.3 Å². The van der Waals surface area contributed by atoms with Crippen molar-refractivity contribution in [3.63, 3.8) is 0 Å². The summed E-state index contributed by atoms with van der Waals surface area (Å²) in [5, 5.41) is 16.1. The van der Waals surface area contributed by atoms with Crippen LogP contribution in [0.25, 0.3) is 0 Å². The second kappa shape index (κ2) is 7.47. The van der Waals surface area contributed by atoms with E-state index in [0.29, 0.717) is 23.4 Å². The van der Waals surface area contributed by atoms with Gasteiger partial charge >= 0.3 is 0 Å². The summed E-state index contributed by atoms with van der Waals surface area (Å²) in [6.07, 6.45) is 1.48. The van der Waals surface area contributed by atoms with E-state index in [1.165, 1.54) is 0 Å². The lowest BCUT2D eigenvalue weighted by Gasteiger charge is -2.13. The highest BCUT2D eigenvalue weighted by Gasteiger charge is 2.22. The number of benzene rings is 1. The minimum atomic E-state index is -0.667. The van der Waals surface area contributed by atoms with Gasteiger partial charge in [-0.3, -0.25) is 4.79 Å². The lowest BCUT2D eigenvalue weighted by Crippen LogP contribution is -2.39. The predicted octanol–water partition coefficient (Wildman–Crippen LogP) is 0.948. The number of hydrogen-bond donors (Lipinski definition) is 3. The average molecular weight is 299 g/mol. The summed E-state index contributed by atoms with van der Waals surface area (Å²) >= 11 is 5.76. The molecular formula is C14H19ClN2O3. The Bertz CT molecular complexity index is 435. The van der Waals surface area contributed by atoms with Crippen LogP contribution in [-0.4, -0.2) is 42.9 Å². The van der Waals surface area contributed by atoms with Gasteiger partial charge in [0.05, 0.1) is 6.54 Å². The van der Waals surface area contributed by atoms with Gasteiger partial charge in [-0.15, -0.1) is 0 Å². The van der Waals surface area contributed by atoms with Crippen LogP contribution in [0.15, 0.2) is 24.3 Å². The number of carbonyl (C=O) groups is 1. The number of aliphatic hydroxyl groups excluding tert-OH is 1. The van der Waals surface area contributed by atoms with Crippen LogP contribution in [0.5, 0.6) is 5.75 Å². The molecule has 0 spiro atoms. The average Bonchev–Trinajstić information content (AvgIpc) is 3.22. The zero-order valence-electron chi connectivity index (χ0n) is 11.1. The smallest absolute Gasteiger partial charge is 0.234 e. The van der Waals surface area contributed by atoms with E-state index < -0.39 is 6.10 Å². The summed E-state index contributed by atoms with van der Waals surface area (Å²) in [4.78, 5) is 11.4. The van der Waals surface area contributed by atoms with Crippen molar-refractivity contribution in [2.24, 2.45) is 0 Å². The fraction of sp³-hybridized carbons (Fsp3) is 0.500. The van der Waals surface area contributed by atoms with Crippen molar-refractivity contribution >= 4 is 17.5 Å². The number of ether oxygens (including phenoxy) is 1. The van der Waals surface area contributed by atoms with E-state index in [4.69, 9.17) is 16.3 Å². The lowest BCUT2D eigenvalue weighted by atomic mass is 10.3. The van der Waals surface area contributed by atoms with Crippen LogP contribution in [0.3, 0.4) is 0 Å². The highest BCUT2D eigenvalue weighted by Crippen LogP contribution is 2.18. The highest BCUT2D eigenvalue weighted by atomic mass is 35.5. The maximum absolute atomic E-state index is 11.4. The van der Waals surface area contributed by atoms with Crippen molar-refractivity contribution in [2.75, 3.05) is 19.7 Å². The standard InChI is InChI=1S/C14H19ClN2O3/c15-10-1-5-13(6-2-10)20-9-12(18)7-16-8-14(19)17-11-3-4-11/h1-2,5-6,11-12,16,18H,3-4,7-9H2,(H,17,19). The molecule has 2 rings (SSSR count). The number of hydrogen-bond acceptors (Lipinski definition) is 4. The monoisotopic (exact) mass is 298 g/mol. The second-order valence-electron chi connectivity index (χ2n) is 4.89. The van der Waals surface area contributed by atoms with Gasteiger partial charge < -0.3 is 20.5 Å². The minimum absolute atomic E-state index is 0.0293. The summed E-state index contributed by atoms with van der Waals surface area (Å²) in [6.45, 7) is 0.694. The summed E-state index contributed by atoms with van der Waals surface area (Å²) in [5.74, 6) is 0.623. The molecule has 5 nitrogen and oxygen atoms in total. The van der Waals surface area contributed by atoms with Gasteiger partial charge in [0.2, 0.25) is 5.91 Å². The van der Waals surface area contributed by atoms with E-state index in [0.717, 1.165) is 12.8 Å². The fourth-order valence-electron chi connectivity index (χ4n) is 1.64. The first kappa shape index (κ1) is 15.1. The topological polar surface area (TPSA) is 70.6 Å². The zero-order valence-corrected chi connectivity index (χ0v) is 11.9. The van der Waals surface area contributed by atoms with E-state index in [1.807, 2.05) is 0 Å². The Morgan fingerprint density at radius 1 is 1.40 bits per heavy atom. The summed E-state index contributed by atoms with van der Waals surface area (Å²) in [7, 11) is 0. The van der Waals surface area contributed by atoms with Gasteiger partial charge in [0.1, 0.15) is 18.5 Å². The molecule has 20 heavy (non-hydrogen) atoms. The van der Waals surface area contributed by atoms with Gasteiger partial charge in [0.15, 0.2) is 0 Å². The Kier molecular flexibility index (Phi) is 5.64. The summed E-state index contributed by atoms with van der Waals surface area (Å²) < 4.78 is 5.41. The highest BCUT2D eigenvalue weighted by molar-refractivity contribution is 6.30.